The van der Waals surface area contributed by atoms with Gasteiger partial charge in [-0.1, -0.05) is 74.0 Å². The van der Waals surface area contributed by atoms with Crippen molar-refractivity contribution >= 4 is 39.4 Å². The maximum Gasteiger partial charge on any atom is 0.162 e. The largest absolute Gasteiger partial charge is 0.490 e. The quantitative estimate of drug-likeness (QED) is 0.267. The monoisotopic (exact) mass is 537 g/mol. The van der Waals surface area contributed by atoms with Crippen LogP contribution in [0, 0.1) is 5.41 Å². The summed E-state index contributed by atoms with van der Waals surface area (Å²) in [6.45, 7) is 7.26. The van der Waals surface area contributed by atoms with Crippen molar-refractivity contribution in [3.05, 3.63) is 106 Å². The molecule has 0 radical (unpaired) electrons. The fraction of sp³-hybridized carbons (Fsp3) is 0.265. The van der Waals surface area contributed by atoms with Gasteiger partial charge < -0.3 is 14.8 Å². The van der Waals surface area contributed by atoms with E-state index in [0.717, 1.165) is 39.9 Å². The second-order valence-electron chi connectivity index (χ2n) is 11.2. The highest BCUT2D eigenvalue weighted by Crippen LogP contribution is 2.52. The van der Waals surface area contributed by atoms with Gasteiger partial charge in [-0.2, -0.15) is 0 Å². The average molecular weight is 538 g/mol. The molecule has 0 bridgehead atoms. The van der Waals surface area contributed by atoms with Gasteiger partial charge >= 0.3 is 0 Å². The first-order chi connectivity index (χ1) is 18.8. The molecule has 0 amide bonds. The van der Waals surface area contributed by atoms with Crippen LogP contribution in [-0.4, -0.2) is 12.4 Å². The minimum Gasteiger partial charge on any atom is -0.490 e. The van der Waals surface area contributed by atoms with Gasteiger partial charge in [-0.15, -0.1) is 0 Å². The van der Waals surface area contributed by atoms with Crippen LogP contribution in [0.2, 0.25) is 5.02 Å². The maximum atomic E-state index is 13.8. The van der Waals surface area contributed by atoms with E-state index < -0.39 is 0 Å². The molecule has 5 heteroatoms. The molecule has 0 saturated carbocycles. The first-order valence-electron chi connectivity index (χ1n) is 13.5. The van der Waals surface area contributed by atoms with Gasteiger partial charge in [0.25, 0.3) is 0 Å². The summed E-state index contributed by atoms with van der Waals surface area (Å²) in [4.78, 5) is 13.8. The Morgan fingerprint density at radius 3 is 2.51 bits per heavy atom. The summed E-state index contributed by atoms with van der Waals surface area (Å²) in [5.41, 5.74) is 6.16. The van der Waals surface area contributed by atoms with Crippen LogP contribution in [0.5, 0.6) is 11.5 Å². The van der Waals surface area contributed by atoms with Gasteiger partial charge in [0.05, 0.1) is 12.6 Å². The number of halogens is 1. The van der Waals surface area contributed by atoms with Crippen molar-refractivity contribution in [3.8, 4) is 11.5 Å². The summed E-state index contributed by atoms with van der Waals surface area (Å²) in [6, 6.07) is 26.1. The second-order valence-corrected chi connectivity index (χ2v) is 11.6. The number of hydrogen-bond acceptors (Lipinski definition) is 4. The number of nitrogens with one attached hydrogen (secondary N) is 1. The SMILES string of the molecule is CCOc1cc([C@@H]2Nc3ccc4ccccc4c3C3=C2C(=O)CC(C)(C)C3)ccc1OCc1ccc(Cl)cc1. The van der Waals surface area contributed by atoms with Crippen molar-refractivity contribution in [1.82, 2.24) is 0 Å². The third-order valence-corrected chi connectivity index (χ3v) is 7.90. The number of carbonyl (C=O) groups is 1. The third-order valence-electron chi connectivity index (χ3n) is 7.65. The van der Waals surface area contributed by atoms with Crippen molar-refractivity contribution in [3.63, 3.8) is 0 Å². The third kappa shape index (κ3) is 4.90. The van der Waals surface area contributed by atoms with Crippen molar-refractivity contribution in [1.29, 1.82) is 0 Å². The number of rotatable bonds is 6. The number of benzene rings is 4. The summed E-state index contributed by atoms with van der Waals surface area (Å²) in [7, 11) is 0. The normalized spacial score (nSPS) is 17.8. The number of allylic oxidation sites excluding steroid dienone is 1. The molecule has 6 rings (SSSR count). The Kier molecular flexibility index (Phi) is 6.60. The van der Waals surface area contributed by atoms with Crippen molar-refractivity contribution in [2.24, 2.45) is 5.41 Å². The Morgan fingerprint density at radius 1 is 0.923 bits per heavy atom. The van der Waals surface area contributed by atoms with Crippen molar-refractivity contribution in [2.45, 2.75) is 46.3 Å². The van der Waals surface area contributed by atoms with Crippen LogP contribution in [-0.2, 0) is 11.4 Å². The fourth-order valence-electron chi connectivity index (χ4n) is 5.92. The van der Waals surface area contributed by atoms with Gasteiger partial charge in [0.2, 0.25) is 0 Å². The fourth-order valence-corrected chi connectivity index (χ4v) is 6.05. The first-order valence-corrected chi connectivity index (χ1v) is 13.9. The predicted molar refractivity (Wildman–Crippen MR) is 159 cm³/mol. The van der Waals surface area contributed by atoms with Crippen LogP contribution in [0.3, 0.4) is 0 Å². The van der Waals surface area contributed by atoms with Crippen LogP contribution in [0.1, 0.15) is 56.3 Å². The Hall–Kier alpha value is -3.76. The summed E-state index contributed by atoms with van der Waals surface area (Å²) in [5, 5.41) is 6.78. The number of fused-ring (bicyclic) bond motifs is 4. The molecule has 4 aromatic carbocycles. The van der Waals surface area contributed by atoms with E-state index in [9.17, 15) is 4.79 Å². The van der Waals surface area contributed by atoms with Crippen LogP contribution in [0.25, 0.3) is 16.3 Å². The van der Waals surface area contributed by atoms with Gasteiger partial charge in [-0.3, -0.25) is 4.79 Å². The van der Waals surface area contributed by atoms with Crippen LogP contribution < -0.4 is 14.8 Å². The molecule has 4 nitrogen and oxygen atoms in total. The maximum absolute atomic E-state index is 13.8. The van der Waals surface area contributed by atoms with E-state index in [1.165, 1.54) is 10.8 Å². The van der Waals surface area contributed by atoms with Crippen molar-refractivity contribution in [2.75, 3.05) is 11.9 Å². The zero-order chi connectivity index (χ0) is 27.1. The van der Waals surface area contributed by atoms with Crippen LogP contribution in [0.4, 0.5) is 5.69 Å². The molecular weight excluding hydrogens is 506 g/mol. The highest BCUT2D eigenvalue weighted by molar-refractivity contribution is 6.30. The molecule has 4 aromatic rings. The molecule has 0 unspecified atom stereocenters. The number of ketones is 1. The molecule has 0 fully saturated rings. The molecule has 0 saturated heterocycles. The lowest BCUT2D eigenvalue weighted by Crippen LogP contribution is -2.33. The van der Waals surface area contributed by atoms with Crippen molar-refractivity contribution < 1.29 is 14.3 Å². The van der Waals surface area contributed by atoms with Gasteiger partial charge in [0.1, 0.15) is 6.61 Å². The van der Waals surface area contributed by atoms with E-state index in [4.69, 9.17) is 21.1 Å². The summed E-state index contributed by atoms with van der Waals surface area (Å²) in [6.07, 6.45) is 1.39. The minimum atomic E-state index is -0.262. The standard InChI is InChI=1S/C34H32ClNO3/c1-4-38-30-17-23(12-16-29(30)39-20-21-9-13-24(35)14-10-21)33-32-26(18-34(2,3)19-28(32)37)31-25-8-6-5-7-22(25)11-15-27(31)36-33/h5-17,33,36H,4,18-20H2,1-3H3/t33-/m0/s1. The molecule has 0 aromatic heterocycles. The molecule has 1 atom stereocenters. The van der Waals surface area contributed by atoms with Crippen LogP contribution >= 0.6 is 11.6 Å². The number of Topliss-reactive ketones (excluding diaryl/α,β-unsaturated/α-hetero) is 1. The molecular formula is C34H32ClNO3. The zero-order valence-electron chi connectivity index (χ0n) is 22.5. The zero-order valence-corrected chi connectivity index (χ0v) is 23.3. The Labute approximate surface area is 234 Å². The Balaban J connectivity index is 1.42. The van der Waals surface area contributed by atoms with E-state index in [-0.39, 0.29) is 17.2 Å². The molecule has 1 aliphatic carbocycles. The lowest BCUT2D eigenvalue weighted by molar-refractivity contribution is -0.118. The lowest BCUT2D eigenvalue weighted by Gasteiger charge is -2.40. The van der Waals surface area contributed by atoms with Crippen LogP contribution in [0.15, 0.2) is 84.4 Å². The average Bonchev–Trinajstić information content (AvgIpc) is 2.92. The number of anilines is 1. The van der Waals surface area contributed by atoms with E-state index in [2.05, 4.69) is 55.6 Å². The summed E-state index contributed by atoms with van der Waals surface area (Å²) in [5.74, 6) is 1.54. The second kappa shape index (κ2) is 10.1. The molecule has 198 valence electrons. The molecule has 39 heavy (non-hydrogen) atoms. The minimum absolute atomic E-state index is 0.0954. The smallest absolute Gasteiger partial charge is 0.162 e. The number of hydrogen-bond donors (Lipinski definition) is 1. The lowest BCUT2D eigenvalue weighted by atomic mass is 9.68. The highest BCUT2D eigenvalue weighted by Gasteiger charge is 2.41. The van der Waals surface area contributed by atoms with Gasteiger partial charge in [-0.05, 0) is 76.6 Å². The molecule has 1 heterocycles. The van der Waals surface area contributed by atoms with Gasteiger partial charge in [-0.25, -0.2) is 0 Å². The van der Waals surface area contributed by atoms with E-state index in [1.807, 2.05) is 49.4 Å². The molecule has 2 aliphatic rings. The predicted octanol–water partition coefficient (Wildman–Crippen LogP) is 8.78. The van der Waals surface area contributed by atoms with E-state index in [1.54, 1.807) is 0 Å². The van der Waals surface area contributed by atoms with E-state index in [0.29, 0.717) is 36.2 Å². The van der Waals surface area contributed by atoms with E-state index >= 15 is 0 Å². The van der Waals surface area contributed by atoms with Gasteiger partial charge in [0.15, 0.2) is 17.3 Å². The Bertz CT molecular complexity index is 1600. The molecule has 0 spiro atoms. The number of ether oxygens (including phenoxy) is 2. The first kappa shape index (κ1) is 25.5. The molecule has 1 N–H and O–H groups in total. The number of carbonyl (C=O) groups excluding carboxylic acids is 1. The highest BCUT2D eigenvalue weighted by atomic mass is 35.5. The summed E-state index contributed by atoms with van der Waals surface area (Å²) < 4.78 is 12.2. The summed E-state index contributed by atoms with van der Waals surface area (Å²) >= 11 is 6.03. The Morgan fingerprint density at radius 2 is 1.72 bits per heavy atom. The molecule has 1 aliphatic heterocycles. The van der Waals surface area contributed by atoms with Gasteiger partial charge in [0, 0.05) is 28.3 Å². The topological polar surface area (TPSA) is 47.6 Å².